The van der Waals surface area contributed by atoms with Gasteiger partial charge in [0.15, 0.2) is 0 Å². The van der Waals surface area contributed by atoms with E-state index in [4.69, 9.17) is 4.74 Å². The number of aryl methyl sites for hydroxylation is 1. The summed E-state index contributed by atoms with van der Waals surface area (Å²) in [6.07, 6.45) is 0. The van der Waals surface area contributed by atoms with Gasteiger partial charge in [0.25, 0.3) is 0 Å². The fraction of sp³-hybridized carbons (Fsp3) is 0.188. The van der Waals surface area contributed by atoms with Gasteiger partial charge < -0.3 is 10.1 Å². The second-order valence-electron chi connectivity index (χ2n) is 4.44. The second-order valence-corrected chi connectivity index (χ2v) is 5.23. The SMILES string of the molecule is COC(=O)c1ccccc1CNc1cccc(C)c1Br. The standard InChI is InChI=1S/C16H16BrNO2/c1-11-6-5-9-14(15(11)17)18-10-12-7-3-4-8-13(12)16(19)20-2/h3-9,18H,10H2,1-2H3. The van der Waals surface area contributed by atoms with Crippen LogP contribution in [0.4, 0.5) is 5.69 Å². The van der Waals surface area contributed by atoms with Crippen LogP contribution in [-0.2, 0) is 11.3 Å². The number of nitrogens with one attached hydrogen (secondary N) is 1. The molecule has 0 aliphatic heterocycles. The van der Waals surface area contributed by atoms with E-state index in [1.54, 1.807) is 6.07 Å². The number of carbonyl (C=O) groups excluding carboxylic acids is 1. The van der Waals surface area contributed by atoms with Crippen LogP contribution < -0.4 is 5.32 Å². The Morgan fingerprint density at radius 3 is 2.70 bits per heavy atom. The molecule has 20 heavy (non-hydrogen) atoms. The van der Waals surface area contributed by atoms with Crippen LogP contribution in [0.2, 0.25) is 0 Å². The molecule has 2 aromatic carbocycles. The Hall–Kier alpha value is -1.81. The molecule has 0 saturated carbocycles. The lowest BCUT2D eigenvalue weighted by molar-refractivity contribution is 0.0599. The molecule has 0 fully saturated rings. The zero-order chi connectivity index (χ0) is 14.5. The van der Waals surface area contributed by atoms with Gasteiger partial charge in [-0.25, -0.2) is 4.79 Å². The maximum absolute atomic E-state index is 11.7. The Balaban J connectivity index is 2.19. The topological polar surface area (TPSA) is 38.3 Å². The highest BCUT2D eigenvalue weighted by molar-refractivity contribution is 9.10. The molecule has 104 valence electrons. The van der Waals surface area contributed by atoms with Crippen LogP contribution in [0.5, 0.6) is 0 Å². The highest BCUT2D eigenvalue weighted by Gasteiger charge is 2.11. The van der Waals surface area contributed by atoms with Crippen molar-refractivity contribution in [2.24, 2.45) is 0 Å². The van der Waals surface area contributed by atoms with Crippen LogP contribution in [-0.4, -0.2) is 13.1 Å². The number of hydrogen-bond acceptors (Lipinski definition) is 3. The summed E-state index contributed by atoms with van der Waals surface area (Å²) in [4.78, 5) is 11.7. The van der Waals surface area contributed by atoms with Gasteiger partial charge in [0.05, 0.1) is 12.7 Å². The number of esters is 1. The van der Waals surface area contributed by atoms with Gasteiger partial charge in [-0.3, -0.25) is 0 Å². The molecule has 0 saturated heterocycles. The van der Waals surface area contributed by atoms with Crippen LogP contribution in [0.1, 0.15) is 21.5 Å². The Kier molecular flexibility index (Phi) is 4.79. The van der Waals surface area contributed by atoms with Crippen LogP contribution in [0, 0.1) is 6.92 Å². The number of methoxy groups -OCH3 is 1. The molecule has 1 N–H and O–H groups in total. The van der Waals surface area contributed by atoms with E-state index in [2.05, 4.69) is 21.2 Å². The van der Waals surface area contributed by atoms with Crippen molar-refractivity contribution in [1.29, 1.82) is 0 Å². The zero-order valence-electron chi connectivity index (χ0n) is 11.4. The summed E-state index contributed by atoms with van der Waals surface area (Å²) >= 11 is 3.56. The third kappa shape index (κ3) is 3.20. The normalized spacial score (nSPS) is 10.2. The Labute approximate surface area is 127 Å². The molecule has 2 rings (SSSR count). The molecule has 0 heterocycles. The van der Waals surface area contributed by atoms with E-state index in [-0.39, 0.29) is 5.97 Å². The lowest BCUT2D eigenvalue weighted by Gasteiger charge is -2.12. The molecule has 0 radical (unpaired) electrons. The van der Waals surface area contributed by atoms with Crippen molar-refractivity contribution in [3.63, 3.8) is 0 Å². The molecule has 4 heteroatoms. The number of hydrogen-bond donors (Lipinski definition) is 1. The van der Waals surface area contributed by atoms with Gasteiger partial charge in [0.1, 0.15) is 0 Å². The monoisotopic (exact) mass is 333 g/mol. The fourth-order valence-electron chi connectivity index (χ4n) is 1.96. The highest BCUT2D eigenvalue weighted by atomic mass is 79.9. The van der Waals surface area contributed by atoms with Crippen LogP contribution in [0.15, 0.2) is 46.9 Å². The Morgan fingerprint density at radius 1 is 1.20 bits per heavy atom. The maximum Gasteiger partial charge on any atom is 0.338 e. The van der Waals surface area contributed by atoms with E-state index in [1.165, 1.54) is 7.11 Å². The van der Waals surface area contributed by atoms with E-state index in [0.717, 1.165) is 21.3 Å². The van der Waals surface area contributed by atoms with Gasteiger partial charge in [0, 0.05) is 16.7 Å². The Bertz CT molecular complexity index is 626. The summed E-state index contributed by atoms with van der Waals surface area (Å²) in [6.45, 7) is 2.60. The average molecular weight is 334 g/mol. The first-order chi connectivity index (χ1) is 9.63. The number of rotatable bonds is 4. The summed E-state index contributed by atoms with van der Waals surface area (Å²) in [7, 11) is 1.39. The first kappa shape index (κ1) is 14.6. The minimum absolute atomic E-state index is 0.314. The van der Waals surface area contributed by atoms with E-state index < -0.39 is 0 Å². The van der Waals surface area contributed by atoms with Gasteiger partial charge in [-0.05, 0) is 46.1 Å². The van der Waals surface area contributed by atoms with Crippen LogP contribution in [0.25, 0.3) is 0 Å². The molecule has 3 nitrogen and oxygen atoms in total. The number of anilines is 1. The molecular formula is C16H16BrNO2. The third-order valence-corrected chi connectivity index (χ3v) is 4.14. The van der Waals surface area contributed by atoms with Gasteiger partial charge in [-0.15, -0.1) is 0 Å². The number of benzene rings is 2. The predicted octanol–water partition coefficient (Wildman–Crippen LogP) is 4.16. The summed E-state index contributed by atoms with van der Waals surface area (Å²) in [5, 5.41) is 3.33. The Morgan fingerprint density at radius 2 is 1.95 bits per heavy atom. The molecular weight excluding hydrogens is 318 g/mol. The molecule has 0 aliphatic rings. The second kappa shape index (κ2) is 6.57. The minimum atomic E-state index is -0.314. The summed E-state index contributed by atoms with van der Waals surface area (Å²) in [6, 6.07) is 13.5. The largest absolute Gasteiger partial charge is 0.465 e. The predicted molar refractivity (Wildman–Crippen MR) is 84.0 cm³/mol. The number of carbonyl (C=O) groups is 1. The van der Waals surface area contributed by atoms with Crippen molar-refractivity contribution >= 4 is 27.6 Å². The van der Waals surface area contributed by atoms with Crippen molar-refractivity contribution in [3.8, 4) is 0 Å². The average Bonchev–Trinajstić information content (AvgIpc) is 2.48. The molecule has 0 bridgehead atoms. The first-order valence-electron chi connectivity index (χ1n) is 6.28. The quantitative estimate of drug-likeness (QED) is 0.854. The molecule has 0 aromatic heterocycles. The zero-order valence-corrected chi connectivity index (χ0v) is 13.0. The lowest BCUT2D eigenvalue weighted by atomic mass is 10.1. The minimum Gasteiger partial charge on any atom is -0.465 e. The van der Waals surface area contributed by atoms with E-state index in [0.29, 0.717) is 12.1 Å². The molecule has 2 aromatic rings. The highest BCUT2D eigenvalue weighted by Crippen LogP contribution is 2.26. The van der Waals surface area contributed by atoms with Crippen LogP contribution >= 0.6 is 15.9 Å². The van der Waals surface area contributed by atoms with Gasteiger partial charge in [0.2, 0.25) is 0 Å². The van der Waals surface area contributed by atoms with E-state index >= 15 is 0 Å². The summed E-state index contributed by atoms with van der Waals surface area (Å²) < 4.78 is 5.83. The molecule has 0 aliphatic carbocycles. The molecule has 0 amide bonds. The van der Waals surface area contributed by atoms with Crippen molar-refractivity contribution in [2.45, 2.75) is 13.5 Å². The fourth-order valence-corrected chi connectivity index (χ4v) is 2.36. The summed E-state index contributed by atoms with van der Waals surface area (Å²) in [5.74, 6) is -0.314. The smallest absolute Gasteiger partial charge is 0.338 e. The van der Waals surface area contributed by atoms with Gasteiger partial charge in [-0.1, -0.05) is 30.3 Å². The van der Waals surface area contributed by atoms with Gasteiger partial charge in [-0.2, -0.15) is 0 Å². The van der Waals surface area contributed by atoms with E-state index in [1.807, 2.05) is 43.3 Å². The van der Waals surface area contributed by atoms with E-state index in [9.17, 15) is 4.79 Å². The first-order valence-corrected chi connectivity index (χ1v) is 7.08. The molecule has 0 unspecified atom stereocenters. The van der Waals surface area contributed by atoms with Crippen LogP contribution in [0.3, 0.4) is 0 Å². The molecule has 0 atom stereocenters. The van der Waals surface area contributed by atoms with Crippen molar-refractivity contribution < 1.29 is 9.53 Å². The van der Waals surface area contributed by atoms with Crippen molar-refractivity contribution in [1.82, 2.24) is 0 Å². The third-order valence-electron chi connectivity index (χ3n) is 3.08. The van der Waals surface area contributed by atoms with Crippen molar-refractivity contribution in [2.75, 3.05) is 12.4 Å². The number of ether oxygens (including phenoxy) is 1. The summed E-state index contributed by atoms with van der Waals surface area (Å²) in [5.41, 5.74) is 3.67. The molecule has 0 spiro atoms. The lowest BCUT2D eigenvalue weighted by Crippen LogP contribution is -2.09. The number of halogens is 1. The van der Waals surface area contributed by atoms with Gasteiger partial charge >= 0.3 is 5.97 Å². The maximum atomic E-state index is 11.7. The van der Waals surface area contributed by atoms with Crippen molar-refractivity contribution in [3.05, 3.63) is 63.6 Å².